The van der Waals surface area contributed by atoms with Crippen molar-refractivity contribution in [2.45, 2.75) is 30.4 Å². The van der Waals surface area contributed by atoms with E-state index in [2.05, 4.69) is 15.2 Å². The van der Waals surface area contributed by atoms with Crippen molar-refractivity contribution in [3.05, 3.63) is 34.0 Å². The Kier molecular flexibility index (Phi) is 3.70. The Labute approximate surface area is 112 Å². The summed E-state index contributed by atoms with van der Waals surface area (Å²) in [6, 6.07) is 1.66. The van der Waals surface area contributed by atoms with Crippen LogP contribution in [-0.2, 0) is 6.54 Å². The summed E-state index contributed by atoms with van der Waals surface area (Å²) in [5.74, 6) is -1.06. The van der Waals surface area contributed by atoms with E-state index in [0.29, 0.717) is 22.3 Å². The molecule has 0 radical (unpaired) electrons. The third-order valence-corrected chi connectivity index (χ3v) is 3.53. The summed E-state index contributed by atoms with van der Waals surface area (Å²) in [6.07, 6.45) is 1.31. The van der Waals surface area contributed by atoms with Gasteiger partial charge in [0.25, 0.3) is 0 Å². The quantitative estimate of drug-likeness (QED) is 0.871. The molecular weight excluding hydrogens is 268 g/mol. The van der Waals surface area contributed by atoms with Crippen LogP contribution in [0.4, 0.5) is 0 Å². The van der Waals surface area contributed by atoms with Gasteiger partial charge in [-0.15, -0.1) is 5.10 Å². The van der Waals surface area contributed by atoms with Gasteiger partial charge in [0.2, 0.25) is 0 Å². The number of aromatic nitrogens is 4. The molecule has 0 aliphatic rings. The van der Waals surface area contributed by atoms with Crippen LogP contribution in [0.1, 0.15) is 23.0 Å². The third kappa shape index (κ3) is 2.68. The molecule has 0 atom stereocenters. The second kappa shape index (κ2) is 5.27. The number of hydrogen-bond acceptors (Lipinski definition) is 5. The first-order valence-electron chi connectivity index (χ1n) is 5.56. The molecule has 2 aromatic rings. The lowest BCUT2D eigenvalue weighted by Crippen LogP contribution is -2.16. The second-order valence-corrected chi connectivity index (χ2v) is 4.79. The molecule has 0 spiro atoms. The first-order chi connectivity index (χ1) is 9.02. The van der Waals surface area contributed by atoms with Gasteiger partial charge < -0.3 is 5.11 Å². The zero-order valence-electron chi connectivity index (χ0n) is 10.4. The van der Waals surface area contributed by atoms with E-state index in [-0.39, 0.29) is 11.3 Å². The van der Waals surface area contributed by atoms with Crippen LogP contribution in [-0.4, -0.2) is 30.8 Å². The minimum absolute atomic E-state index is 0.0914. The van der Waals surface area contributed by atoms with E-state index in [1.54, 1.807) is 13.0 Å². The van der Waals surface area contributed by atoms with Gasteiger partial charge in [-0.25, -0.2) is 14.7 Å². The summed E-state index contributed by atoms with van der Waals surface area (Å²) in [6.45, 7) is 4.05. The molecule has 0 unspecified atom stereocenters. The van der Waals surface area contributed by atoms with Crippen molar-refractivity contribution >= 4 is 17.7 Å². The van der Waals surface area contributed by atoms with E-state index in [1.165, 1.54) is 10.8 Å². The minimum atomic E-state index is -1.06. The molecule has 0 bridgehead atoms. The average molecular weight is 280 g/mol. The van der Waals surface area contributed by atoms with Crippen molar-refractivity contribution in [1.29, 1.82) is 0 Å². The Morgan fingerprint density at radius 2 is 2.32 bits per heavy atom. The summed E-state index contributed by atoms with van der Waals surface area (Å²) in [7, 11) is 0. The smallest absolute Gasteiger partial charge is 0.343 e. The lowest BCUT2D eigenvalue weighted by Gasteiger charge is -2.06. The monoisotopic (exact) mass is 280 g/mol. The topological polar surface area (TPSA) is 101 Å². The maximum absolute atomic E-state index is 11.4. The highest BCUT2D eigenvalue weighted by Crippen LogP contribution is 2.28. The number of nitrogens with zero attached hydrogens (tertiary/aromatic N) is 3. The molecule has 0 saturated carbocycles. The molecular formula is C11H12N4O3S. The summed E-state index contributed by atoms with van der Waals surface area (Å²) in [5.41, 5.74) is 0.481. The molecule has 100 valence electrons. The van der Waals surface area contributed by atoms with Crippen molar-refractivity contribution in [2.24, 2.45) is 0 Å². The molecule has 2 heterocycles. The Balaban J connectivity index is 2.45. The van der Waals surface area contributed by atoms with Crippen LogP contribution in [0.2, 0.25) is 0 Å². The third-order valence-electron chi connectivity index (χ3n) is 2.47. The highest BCUT2D eigenvalue weighted by molar-refractivity contribution is 7.99. The molecule has 0 saturated heterocycles. The van der Waals surface area contributed by atoms with Gasteiger partial charge in [-0.2, -0.15) is 0 Å². The lowest BCUT2D eigenvalue weighted by molar-refractivity contribution is 0.0692. The van der Waals surface area contributed by atoms with E-state index in [9.17, 15) is 9.59 Å². The number of H-pyrrole nitrogens is 1. The molecule has 8 heteroatoms. The molecule has 0 aliphatic heterocycles. The first kappa shape index (κ1) is 13.3. The molecule has 19 heavy (non-hydrogen) atoms. The van der Waals surface area contributed by atoms with Crippen LogP contribution in [0.3, 0.4) is 0 Å². The van der Waals surface area contributed by atoms with Crippen LogP contribution in [0, 0.1) is 6.92 Å². The fourth-order valence-electron chi connectivity index (χ4n) is 1.54. The van der Waals surface area contributed by atoms with E-state index in [4.69, 9.17) is 5.11 Å². The molecule has 0 amide bonds. The van der Waals surface area contributed by atoms with Crippen molar-refractivity contribution in [1.82, 2.24) is 19.7 Å². The van der Waals surface area contributed by atoms with Crippen LogP contribution in [0.15, 0.2) is 27.1 Å². The fourth-order valence-corrected chi connectivity index (χ4v) is 2.63. The number of nitrogens with one attached hydrogen (secondary N) is 1. The molecule has 0 fully saturated rings. The zero-order chi connectivity index (χ0) is 14.0. The van der Waals surface area contributed by atoms with Crippen molar-refractivity contribution in [2.75, 3.05) is 0 Å². The van der Waals surface area contributed by atoms with Gasteiger partial charge in [-0.1, -0.05) is 0 Å². The molecule has 0 aliphatic carbocycles. The number of aromatic amines is 1. The van der Waals surface area contributed by atoms with Crippen LogP contribution in [0.25, 0.3) is 0 Å². The Bertz CT molecular complexity index is 677. The molecule has 2 N–H and O–H groups in total. The summed E-state index contributed by atoms with van der Waals surface area (Å²) >= 11 is 1.13. The number of carbonyl (C=O) groups is 1. The van der Waals surface area contributed by atoms with E-state index >= 15 is 0 Å². The fraction of sp³-hybridized carbons (Fsp3) is 0.273. The normalized spacial score (nSPS) is 10.6. The zero-order valence-corrected chi connectivity index (χ0v) is 11.2. The molecule has 7 nitrogen and oxygen atoms in total. The van der Waals surface area contributed by atoms with Crippen molar-refractivity contribution < 1.29 is 9.90 Å². The van der Waals surface area contributed by atoms with Gasteiger partial charge in [0.1, 0.15) is 0 Å². The van der Waals surface area contributed by atoms with Crippen molar-refractivity contribution in [3.63, 3.8) is 0 Å². The molecule has 2 aromatic heterocycles. The number of rotatable bonds is 4. The standard InChI is InChI=1S/C11H12N4O3S/c1-3-15-10(18)13-14-11(15)19-8-4-6(2)12-5-7(8)9(16)17/h4-5H,3H2,1-2H3,(H,13,18)(H,16,17). The number of aromatic carboxylic acids is 1. The maximum atomic E-state index is 11.4. The van der Waals surface area contributed by atoms with Crippen LogP contribution >= 0.6 is 11.8 Å². The first-order valence-corrected chi connectivity index (χ1v) is 6.37. The molecule has 2 rings (SSSR count). The van der Waals surface area contributed by atoms with Crippen molar-refractivity contribution in [3.8, 4) is 0 Å². The van der Waals surface area contributed by atoms with E-state index in [0.717, 1.165) is 11.8 Å². The van der Waals surface area contributed by atoms with Gasteiger partial charge in [0.15, 0.2) is 5.16 Å². The van der Waals surface area contributed by atoms with Gasteiger partial charge >= 0.3 is 11.7 Å². The van der Waals surface area contributed by atoms with Crippen LogP contribution in [0.5, 0.6) is 0 Å². The minimum Gasteiger partial charge on any atom is -0.478 e. The Morgan fingerprint density at radius 3 is 2.95 bits per heavy atom. The summed E-state index contributed by atoms with van der Waals surface area (Å²) in [5, 5.41) is 15.8. The van der Waals surface area contributed by atoms with E-state index in [1.807, 2.05) is 6.92 Å². The van der Waals surface area contributed by atoms with Crippen LogP contribution < -0.4 is 5.69 Å². The Morgan fingerprint density at radius 1 is 1.58 bits per heavy atom. The highest BCUT2D eigenvalue weighted by Gasteiger charge is 2.15. The highest BCUT2D eigenvalue weighted by atomic mass is 32.2. The number of hydrogen-bond donors (Lipinski definition) is 2. The lowest BCUT2D eigenvalue weighted by atomic mass is 10.2. The largest absolute Gasteiger partial charge is 0.478 e. The molecule has 0 aromatic carbocycles. The maximum Gasteiger partial charge on any atom is 0.343 e. The number of carboxylic acids is 1. The average Bonchev–Trinajstić information content (AvgIpc) is 2.69. The predicted molar refractivity (Wildman–Crippen MR) is 68.6 cm³/mol. The summed E-state index contributed by atoms with van der Waals surface area (Å²) < 4.78 is 1.44. The number of pyridine rings is 1. The van der Waals surface area contributed by atoms with E-state index < -0.39 is 5.97 Å². The van der Waals surface area contributed by atoms with Gasteiger partial charge in [0.05, 0.1) is 5.56 Å². The van der Waals surface area contributed by atoms with Gasteiger partial charge in [-0.3, -0.25) is 9.55 Å². The van der Waals surface area contributed by atoms with Gasteiger partial charge in [-0.05, 0) is 31.7 Å². The van der Waals surface area contributed by atoms with Gasteiger partial charge in [0, 0.05) is 23.3 Å². The summed E-state index contributed by atoms with van der Waals surface area (Å²) in [4.78, 5) is 27.1. The predicted octanol–water partition coefficient (Wildman–Crippen LogP) is 1.14. The Hall–Kier alpha value is -2.09. The SMILES string of the molecule is CCn1c(Sc2cc(C)ncc2C(=O)O)n[nH]c1=O. The number of aryl methyl sites for hydroxylation is 1. The number of carboxylic acid groups (broad SMARTS) is 1. The second-order valence-electron chi connectivity index (χ2n) is 3.78.